The number of benzene rings is 2. The van der Waals surface area contributed by atoms with E-state index in [1.54, 1.807) is 36.4 Å². The van der Waals surface area contributed by atoms with Crippen molar-refractivity contribution in [2.24, 2.45) is 0 Å². The maximum absolute atomic E-state index is 12.0. The number of anilines is 1. The molecule has 0 unspecified atom stereocenters. The normalized spacial score (nSPS) is 10.5. The maximum Gasteiger partial charge on any atom is 0.341 e. The SMILES string of the molecule is O=C(O)c1ccccc1NCc1cc2ccccc2oc1=O. The summed E-state index contributed by atoms with van der Waals surface area (Å²) in [6, 6.07) is 15.5. The van der Waals surface area contributed by atoms with Crippen molar-refractivity contribution in [1.29, 1.82) is 0 Å². The number of nitrogens with one attached hydrogen (secondary N) is 1. The van der Waals surface area contributed by atoms with Gasteiger partial charge in [0.05, 0.1) is 11.1 Å². The zero-order chi connectivity index (χ0) is 15.5. The molecule has 0 fully saturated rings. The second kappa shape index (κ2) is 5.73. The van der Waals surface area contributed by atoms with Crippen LogP contribution in [0.2, 0.25) is 0 Å². The van der Waals surface area contributed by atoms with E-state index < -0.39 is 11.6 Å². The van der Waals surface area contributed by atoms with Gasteiger partial charge in [0.1, 0.15) is 5.58 Å². The minimum absolute atomic E-state index is 0.160. The summed E-state index contributed by atoms with van der Waals surface area (Å²) >= 11 is 0. The van der Waals surface area contributed by atoms with Crippen molar-refractivity contribution in [3.63, 3.8) is 0 Å². The van der Waals surface area contributed by atoms with Crippen molar-refractivity contribution >= 4 is 22.6 Å². The molecule has 0 spiro atoms. The summed E-state index contributed by atoms with van der Waals surface area (Å²) in [4.78, 5) is 23.1. The summed E-state index contributed by atoms with van der Waals surface area (Å²) in [7, 11) is 0. The molecule has 110 valence electrons. The van der Waals surface area contributed by atoms with E-state index in [1.807, 2.05) is 12.1 Å². The van der Waals surface area contributed by atoms with Crippen LogP contribution >= 0.6 is 0 Å². The highest BCUT2D eigenvalue weighted by atomic mass is 16.4. The van der Waals surface area contributed by atoms with Crippen LogP contribution in [0.3, 0.4) is 0 Å². The molecule has 0 aliphatic heterocycles. The van der Waals surface area contributed by atoms with Crippen LogP contribution in [0.25, 0.3) is 11.0 Å². The molecule has 0 amide bonds. The van der Waals surface area contributed by atoms with Crippen molar-refractivity contribution in [1.82, 2.24) is 0 Å². The minimum Gasteiger partial charge on any atom is -0.478 e. The summed E-state index contributed by atoms with van der Waals surface area (Å²) in [6.45, 7) is 0.192. The Hall–Kier alpha value is -3.08. The Kier molecular flexibility index (Phi) is 3.62. The molecule has 3 rings (SSSR count). The first-order valence-electron chi connectivity index (χ1n) is 6.73. The monoisotopic (exact) mass is 295 g/mol. The lowest BCUT2D eigenvalue weighted by atomic mass is 10.1. The third-order valence-corrected chi connectivity index (χ3v) is 3.34. The fraction of sp³-hybridized carbons (Fsp3) is 0.0588. The number of para-hydroxylation sites is 2. The first-order chi connectivity index (χ1) is 10.6. The van der Waals surface area contributed by atoms with Gasteiger partial charge < -0.3 is 14.8 Å². The summed E-state index contributed by atoms with van der Waals surface area (Å²) < 4.78 is 5.25. The molecule has 3 aromatic rings. The highest BCUT2D eigenvalue weighted by molar-refractivity contribution is 5.94. The summed E-state index contributed by atoms with van der Waals surface area (Å²) in [5.74, 6) is -1.02. The largest absolute Gasteiger partial charge is 0.478 e. The number of hydrogen-bond donors (Lipinski definition) is 2. The smallest absolute Gasteiger partial charge is 0.341 e. The van der Waals surface area contributed by atoms with Gasteiger partial charge in [-0.25, -0.2) is 9.59 Å². The molecule has 0 saturated carbocycles. The van der Waals surface area contributed by atoms with Crippen LogP contribution in [0.1, 0.15) is 15.9 Å². The second-order valence-corrected chi connectivity index (χ2v) is 4.80. The Morgan fingerprint density at radius 3 is 2.64 bits per heavy atom. The molecular weight excluding hydrogens is 282 g/mol. The third kappa shape index (κ3) is 2.69. The van der Waals surface area contributed by atoms with Gasteiger partial charge in [-0.05, 0) is 24.3 Å². The Morgan fingerprint density at radius 1 is 1.09 bits per heavy atom. The molecule has 5 nitrogen and oxygen atoms in total. The van der Waals surface area contributed by atoms with Crippen molar-refractivity contribution < 1.29 is 14.3 Å². The van der Waals surface area contributed by atoms with Gasteiger partial charge in [-0.2, -0.15) is 0 Å². The van der Waals surface area contributed by atoms with E-state index in [2.05, 4.69) is 5.32 Å². The number of carboxylic acids is 1. The average molecular weight is 295 g/mol. The summed E-state index contributed by atoms with van der Waals surface area (Å²) in [6.07, 6.45) is 0. The number of hydrogen-bond acceptors (Lipinski definition) is 4. The van der Waals surface area contributed by atoms with Gasteiger partial charge >= 0.3 is 11.6 Å². The topological polar surface area (TPSA) is 79.5 Å². The van der Waals surface area contributed by atoms with E-state index in [0.29, 0.717) is 16.8 Å². The van der Waals surface area contributed by atoms with Gasteiger partial charge in [-0.1, -0.05) is 30.3 Å². The lowest BCUT2D eigenvalue weighted by Crippen LogP contribution is -2.13. The average Bonchev–Trinajstić information content (AvgIpc) is 2.53. The lowest BCUT2D eigenvalue weighted by molar-refractivity contribution is 0.0698. The number of aromatic carboxylic acids is 1. The first-order valence-corrected chi connectivity index (χ1v) is 6.73. The maximum atomic E-state index is 12.0. The molecule has 2 N–H and O–H groups in total. The van der Waals surface area contributed by atoms with Gasteiger partial charge in [-0.15, -0.1) is 0 Å². The number of rotatable bonds is 4. The van der Waals surface area contributed by atoms with Crippen LogP contribution in [0.5, 0.6) is 0 Å². The highest BCUT2D eigenvalue weighted by Gasteiger charge is 2.10. The van der Waals surface area contributed by atoms with E-state index >= 15 is 0 Å². The predicted octanol–water partition coefficient (Wildman–Crippen LogP) is 3.10. The Balaban J connectivity index is 1.90. The predicted molar refractivity (Wildman–Crippen MR) is 83.2 cm³/mol. The molecule has 22 heavy (non-hydrogen) atoms. The van der Waals surface area contributed by atoms with Crippen molar-refractivity contribution in [2.75, 3.05) is 5.32 Å². The minimum atomic E-state index is -1.02. The number of carboxylic acid groups (broad SMARTS) is 1. The second-order valence-electron chi connectivity index (χ2n) is 4.80. The van der Waals surface area contributed by atoms with Crippen LogP contribution < -0.4 is 10.9 Å². The zero-order valence-corrected chi connectivity index (χ0v) is 11.6. The third-order valence-electron chi connectivity index (χ3n) is 3.34. The van der Waals surface area contributed by atoms with Crippen molar-refractivity contribution in [3.8, 4) is 0 Å². The van der Waals surface area contributed by atoms with Gasteiger partial charge in [0.15, 0.2) is 0 Å². The molecule has 0 aliphatic rings. The summed E-state index contributed by atoms with van der Waals surface area (Å²) in [5, 5.41) is 12.9. The Morgan fingerprint density at radius 2 is 1.82 bits per heavy atom. The van der Waals surface area contributed by atoms with E-state index in [0.717, 1.165) is 5.39 Å². The standard InChI is InChI=1S/C17H13NO4/c19-16(20)13-6-2-3-7-14(13)18-10-12-9-11-5-1-4-8-15(11)22-17(12)21/h1-9,18H,10H2,(H,19,20). The zero-order valence-electron chi connectivity index (χ0n) is 11.6. The molecule has 0 atom stereocenters. The molecular formula is C17H13NO4. The quantitative estimate of drug-likeness (QED) is 0.723. The summed E-state index contributed by atoms with van der Waals surface area (Å²) in [5.41, 5.74) is 1.16. The molecule has 1 aromatic heterocycles. The Labute approximate surface area is 125 Å². The Bertz CT molecular complexity index is 898. The van der Waals surface area contributed by atoms with Crippen LogP contribution in [0.15, 0.2) is 63.8 Å². The van der Waals surface area contributed by atoms with Gasteiger partial charge in [0.25, 0.3) is 0 Å². The van der Waals surface area contributed by atoms with Crippen LogP contribution in [0.4, 0.5) is 5.69 Å². The molecule has 0 saturated heterocycles. The lowest BCUT2D eigenvalue weighted by Gasteiger charge is -2.09. The van der Waals surface area contributed by atoms with Crippen molar-refractivity contribution in [2.45, 2.75) is 6.54 Å². The van der Waals surface area contributed by atoms with E-state index in [1.165, 1.54) is 6.07 Å². The number of fused-ring (bicyclic) bond motifs is 1. The molecule has 2 aromatic carbocycles. The van der Waals surface area contributed by atoms with Crippen molar-refractivity contribution in [3.05, 3.63) is 76.1 Å². The van der Waals surface area contributed by atoms with Gasteiger partial charge in [-0.3, -0.25) is 0 Å². The molecule has 0 bridgehead atoms. The van der Waals surface area contributed by atoms with Crippen LogP contribution in [-0.2, 0) is 6.54 Å². The van der Waals surface area contributed by atoms with E-state index in [4.69, 9.17) is 9.52 Å². The van der Waals surface area contributed by atoms with Crippen LogP contribution in [-0.4, -0.2) is 11.1 Å². The van der Waals surface area contributed by atoms with E-state index in [9.17, 15) is 9.59 Å². The number of carbonyl (C=O) groups is 1. The van der Waals surface area contributed by atoms with Gasteiger partial charge in [0, 0.05) is 17.6 Å². The van der Waals surface area contributed by atoms with E-state index in [-0.39, 0.29) is 12.1 Å². The fourth-order valence-electron chi connectivity index (χ4n) is 2.24. The van der Waals surface area contributed by atoms with Gasteiger partial charge in [0.2, 0.25) is 0 Å². The fourth-order valence-corrected chi connectivity index (χ4v) is 2.24. The highest BCUT2D eigenvalue weighted by Crippen LogP contribution is 2.17. The first kappa shape index (κ1) is 13.9. The van der Waals surface area contributed by atoms with Crippen LogP contribution in [0, 0.1) is 0 Å². The molecule has 0 aliphatic carbocycles. The molecule has 5 heteroatoms. The molecule has 0 radical (unpaired) electrons. The molecule has 1 heterocycles.